The van der Waals surface area contributed by atoms with Crippen molar-refractivity contribution in [2.75, 3.05) is 24.7 Å². The molecule has 0 aromatic heterocycles. The lowest BCUT2D eigenvalue weighted by atomic mass is 9.79. The zero-order valence-corrected chi connectivity index (χ0v) is 13.5. The number of hydrogen-bond donors (Lipinski definition) is 2. The molecular weight excluding hydrogens is 286 g/mol. The first-order valence-corrected chi connectivity index (χ1v) is 9.52. The molecule has 0 aromatic rings. The standard InChI is InChI=1S/C16H27NO3S/c18-15(19)14-4-2-1-3-12(14)10-17-13-5-7-20-16(9-13)6-8-21-11-16/h12-14,17H,1-11H2,(H,18,19). The molecular formula is C16H27NO3S. The van der Waals surface area contributed by atoms with Gasteiger partial charge in [0, 0.05) is 18.4 Å². The topological polar surface area (TPSA) is 58.6 Å². The second kappa shape index (κ2) is 6.88. The molecule has 0 bridgehead atoms. The summed E-state index contributed by atoms with van der Waals surface area (Å²) in [5.41, 5.74) is 0.110. The number of nitrogens with one attached hydrogen (secondary N) is 1. The summed E-state index contributed by atoms with van der Waals surface area (Å²) >= 11 is 2.00. The maximum absolute atomic E-state index is 11.4. The maximum atomic E-state index is 11.4. The lowest BCUT2D eigenvalue weighted by molar-refractivity contribution is -0.145. The Morgan fingerprint density at radius 3 is 2.95 bits per heavy atom. The van der Waals surface area contributed by atoms with Gasteiger partial charge in [-0.1, -0.05) is 12.8 Å². The van der Waals surface area contributed by atoms with Crippen molar-refractivity contribution >= 4 is 17.7 Å². The van der Waals surface area contributed by atoms with E-state index in [1.807, 2.05) is 11.8 Å². The molecule has 0 aromatic carbocycles. The van der Waals surface area contributed by atoms with Crippen LogP contribution in [0.25, 0.3) is 0 Å². The summed E-state index contributed by atoms with van der Waals surface area (Å²) < 4.78 is 6.05. The molecule has 21 heavy (non-hydrogen) atoms. The zero-order valence-electron chi connectivity index (χ0n) is 12.7. The van der Waals surface area contributed by atoms with Crippen LogP contribution in [-0.4, -0.2) is 47.4 Å². The molecule has 120 valence electrons. The van der Waals surface area contributed by atoms with E-state index in [9.17, 15) is 9.90 Å². The van der Waals surface area contributed by atoms with E-state index < -0.39 is 5.97 Å². The van der Waals surface area contributed by atoms with E-state index in [4.69, 9.17) is 4.74 Å². The fraction of sp³-hybridized carbons (Fsp3) is 0.938. The van der Waals surface area contributed by atoms with Gasteiger partial charge >= 0.3 is 5.97 Å². The average molecular weight is 313 g/mol. The fourth-order valence-electron chi connectivity index (χ4n) is 4.16. The van der Waals surface area contributed by atoms with E-state index in [-0.39, 0.29) is 11.5 Å². The molecule has 2 saturated heterocycles. The number of aliphatic carboxylic acids is 1. The summed E-state index contributed by atoms with van der Waals surface area (Å²) in [7, 11) is 0. The maximum Gasteiger partial charge on any atom is 0.306 e. The van der Waals surface area contributed by atoms with Gasteiger partial charge in [0.15, 0.2) is 0 Å². The Kier molecular flexibility index (Phi) is 5.12. The molecule has 0 radical (unpaired) electrons. The zero-order chi connectivity index (χ0) is 14.7. The summed E-state index contributed by atoms with van der Waals surface area (Å²) in [6, 6.07) is 0.508. The van der Waals surface area contributed by atoms with Crippen LogP contribution < -0.4 is 5.32 Å². The second-order valence-electron chi connectivity index (χ2n) is 6.92. The Morgan fingerprint density at radius 2 is 2.19 bits per heavy atom. The fourth-order valence-corrected chi connectivity index (χ4v) is 5.54. The van der Waals surface area contributed by atoms with Crippen molar-refractivity contribution in [3.05, 3.63) is 0 Å². The van der Waals surface area contributed by atoms with Gasteiger partial charge in [0.05, 0.1) is 11.5 Å². The lowest BCUT2D eigenvalue weighted by Gasteiger charge is -2.39. The van der Waals surface area contributed by atoms with Gasteiger partial charge in [-0.2, -0.15) is 11.8 Å². The van der Waals surface area contributed by atoms with Crippen LogP contribution in [0.1, 0.15) is 44.9 Å². The Balaban J connectivity index is 1.50. The van der Waals surface area contributed by atoms with Crippen LogP contribution in [0, 0.1) is 11.8 Å². The van der Waals surface area contributed by atoms with Crippen molar-refractivity contribution in [2.24, 2.45) is 11.8 Å². The highest BCUT2D eigenvalue weighted by atomic mass is 32.2. The molecule has 2 N–H and O–H groups in total. The molecule has 4 unspecified atom stereocenters. The predicted molar refractivity (Wildman–Crippen MR) is 84.7 cm³/mol. The normalized spacial score (nSPS) is 40.5. The number of ether oxygens (including phenoxy) is 1. The van der Waals surface area contributed by atoms with Gasteiger partial charge in [0.2, 0.25) is 0 Å². The Bertz CT molecular complexity index is 371. The van der Waals surface area contributed by atoms with Gasteiger partial charge in [-0.3, -0.25) is 4.79 Å². The lowest BCUT2D eigenvalue weighted by Crippen LogP contribution is -2.49. The Hall–Kier alpha value is -0.260. The molecule has 1 aliphatic carbocycles. The highest BCUT2D eigenvalue weighted by Crippen LogP contribution is 2.38. The molecule has 1 spiro atoms. The number of hydrogen-bond acceptors (Lipinski definition) is 4. The van der Waals surface area contributed by atoms with Crippen LogP contribution in [0.15, 0.2) is 0 Å². The average Bonchev–Trinajstić information content (AvgIpc) is 2.93. The summed E-state index contributed by atoms with van der Waals surface area (Å²) in [5, 5.41) is 13.0. The quantitative estimate of drug-likeness (QED) is 0.835. The Morgan fingerprint density at radius 1 is 1.33 bits per heavy atom. The van der Waals surface area contributed by atoms with Gasteiger partial charge < -0.3 is 15.2 Å². The van der Waals surface area contributed by atoms with Crippen molar-refractivity contribution in [3.8, 4) is 0 Å². The van der Waals surface area contributed by atoms with Gasteiger partial charge in [-0.05, 0) is 50.3 Å². The van der Waals surface area contributed by atoms with Crippen molar-refractivity contribution in [3.63, 3.8) is 0 Å². The van der Waals surface area contributed by atoms with Crippen LogP contribution in [-0.2, 0) is 9.53 Å². The van der Waals surface area contributed by atoms with Crippen molar-refractivity contribution in [2.45, 2.75) is 56.6 Å². The molecule has 1 saturated carbocycles. The molecule has 5 heteroatoms. The van der Waals surface area contributed by atoms with Crippen LogP contribution in [0.2, 0.25) is 0 Å². The first-order chi connectivity index (χ1) is 10.2. The third-order valence-electron chi connectivity index (χ3n) is 5.46. The number of carbonyl (C=O) groups is 1. The Labute approximate surface area is 131 Å². The second-order valence-corrected chi connectivity index (χ2v) is 8.03. The molecule has 3 rings (SSSR count). The summed E-state index contributed by atoms with van der Waals surface area (Å²) in [6.45, 7) is 1.72. The van der Waals surface area contributed by atoms with Gasteiger partial charge in [-0.15, -0.1) is 0 Å². The molecule has 4 atom stereocenters. The van der Waals surface area contributed by atoms with Crippen LogP contribution >= 0.6 is 11.8 Å². The summed E-state index contributed by atoms with van der Waals surface area (Å²) in [5.74, 6) is 1.93. The van der Waals surface area contributed by atoms with E-state index in [0.717, 1.165) is 51.0 Å². The third-order valence-corrected chi connectivity index (χ3v) is 6.68. The van der Waals surface area contributed by atoms with Crippen molar-refractivity contribution in [1.82, 2.24) is 5.32 Å². The molecule has 3 fully saturated rings. The first-order valence-electron chi connectivity index (χ1n) is 8.36. The van der Waals surface area contributed by atoms with Crippen LogP contribution in [0.5, 0.6) is 0 Å². The SMILES string of the molecule is O=C(O)C1CCCCC1CNC1CCOC2(CCSC2)C1. The van der Waals surface area contributed by atoms with Gasteiger partial charge in [0.1, 0.15) is 0 Å². The van der Waals surface area contributed by atoms with Gasteiger partial charge in [-0.25, -0.2) is 0 Å². The molecule has 0 amide bonds. The minimum absolute atomic E-state index is 0.110. The smallest absolute Gasteiger partial charge is 0.306 e. The van der Waals surface area contributed by atoms with E-state index in [1.54, 1.807) is 0 Å². The number of rotatable bonds is 4. The third kappa shape index (κ3) is 3.74. The number of carboxylic acids is 1. The van der Waals surface area contributed by atoms with Crippen molar-refractivity contribution < 1.29 is 14.6 Å². The molecule has 2 heterocycles. The van der Waals surface area contributed by atoms with Crippen LogP contribution in [0.3, 0.4) is 0 Å². The largest absolute Gasteiger partial charge is 0.481 e. The van der Waals surface area contributed by atoms with E-state index in [1.165, 1.54) is 18.6 Å². The van der Waals surface area contributed by atoms with Gasteiger partial charge in [0.25, 0.3) is 0 Å². The molecule has 4 nitrogen and oxygen atoms in total. The predicted octanol–water partition coefficient (Wildman–Crippen LogP) is 2.52. The van der Waals surface area contributed by atoms with E-state index in [0.29, 0.717) is 12.0 Å². The highest BCUT2D eigenvalue weighted by molar-refractivity contribution is 7.99. The van der Waals surface area contributed by atoms with E-state index >= 15 is 0 Å². The van der Waals surface area contributed by atoms with Crippen molar-refractivity contribution in [1.29, 1.82) is 0 Å². The minimum atomic E-state index is -0.600. The highest BCUT2D eigenvalue weighted by Gasteiger charge is 2.40. The number of carboxylic acid groups (broad SMARTS) is 1. The first kappa shape index (κ1) is 15.6. The van der Waals surface area contributed by atoms with E-state index in [2.05, 4.69) is 5.32 Å². The molecule has 3 aliphatic rings. The summed E-state index contributed by atoms with van der Waals surface area (Å²) in [4.78, 5) is 11.4. The monoisotopic (exact) mass is 313 g/mol. The minimum Gasteiger partial charge on any atom is -0.481 e. The van der Waals surface area contributed by atoms with Crippen LogP contribution in [0.4, 0.5) is 0 Å². The summed E-state index contributed by atoms with van der Waals surface area (Å²) in [6.07, 6.45) is 7.53. The number of thioether (sulfide) groups is 1. The molecule has 2 aliphatic heterocycles.